The Balaban J connectivity index is 3.16. The largest absolute Gasteiger partial charge is 0.337 e. The molecule has 0 saturated heterocycles. The SMILES string of the molecule is CCc1cnc[nH]c1=S. The van der Waals surface area contributed by atoms with E-state index in [4.69, 9.17) is 12.2 Å². The molecule has 0 unspecified atom stereocenters. The van der Waals surface area contributed by atoms with Crippen LogP contribution in [0.3, 0.4) is 0 Å². The number of aromatic amines is 1. The molecule has 1 aromatic rings. The van der Waals surface area contributed by atoms with E-state index in [1.807, 2.05) is 0 Å². The highest BCUT2D eigenvalue weighted by atomic mass is 32.1. The number of H-pyrrole nitrogens is 1. The van der Waals surface area contributed by atoms with E-state index < -0.39 is 0 Å². The summed E-state index contributed by atoms with van der Waals surface area (Å²) in [5, 5.41) is 0. The van der Waals surface area contributed by atoms with Gasteiger partial charge in [-0.3, -0.25) is 0 Å². The van der Waals surface area contributed by atoms with E-state index in [0.717, 1.165) is 16.6 Å². The second-order valence-electron chi connectivity index (χ2n) is 1.76. The third-order valence-electron chi connectivity index (χ3n) is 1.17. The van der Waals surface area contributed by atoms with E-state index in [2.05, 4.69) is 16.9 Å². The molecule has 0 spiro atoms. The summed E-state index contributed by atoms with van der Waals surface area (Å²) in [6.07, 6.45) is 4.34. The van der Waals surface area contributed by atoms with Gasteiger partial charge in [0.15, 0.2) is 0 Å². The standard InChI is InChI=1S/C6H8N2S/c1-2-5-3-7-4-8-6(5)9/h3-4H,2H2,1H3,(H,7,8,9). The Hall–Kier alpha value is -0.700. The van der Waals surface area contributed by atoms with Crippen LogP contribution in [0.15, 0.2) is 12.5 Å². The Labute approximate surface area is 59.0 Å². The minimum absolute atomic E-state index is 0.799. The highest BCUT2D eigenvalue weighted by Crippen LogP contribution is 1.96. The Kier molecular flexibility index (Phi) is 1.95. The number of nitrogens with zero attached hydrogens (tertiary/aromatic N) is 1. The van der Waals surface area contributed by atoms with Crippen LogP contribution in [0.1, 0.15) is 12.5 Å². The van der Waals surface area contributed by atoms with Gasteiger partial charge in [-0.2, -0.15) is 0 Å². The third-order valence-corrected chi connectivity index (χ3v) is 1.55. The fourth-order valence-electron chi connectivity index (χ4n) is 0.626. The van der Waals surface area contributed by atoms with Crippen molar-refractivity contribution in [3.8, 4) is 0 Å². The van der Waals surface area contributed by atoms with E-state index in [1.54, 1.807) is 12.5 Å². The second kappa shape index (κ2) is 2.73. The first-order chi connectivity index (χ1) is 4.34. The number of hydrogen-bond donors (Lipinski definition) is 1. The first-order valence-corrected chi connectivity index (χ1v) is 3.27. The fourth-order valence-corrected chi connectivity index (χ4v) is 0.876. The molecular formula is C6H8N2S. The zero-order valence-electron chi connectivity index (χ0n) is 5.22. The van der Waals surface area contributed by atoms with Crippen molar-refractivity contribution >= 4 is 12.2 Å². The average Bonchev–Trinajstić information content (AvgIpc) is 1.89. The molecule has 0 aliphatic heterocycles. The minimum atomic E-state index is 0.799. The molecule has 1 N–H and O–H groups in total. The van der Waals surface area contributed by atoms with Gasteiger partial charge in [0, 0.05) is 11.8 Å². The molecule has 9 heavy (non-hydrogen) atoms. The molecule has 0 saturated carbocycles. The van der Waals surface area contributed by atoms with Gasteiger partial charge in [0.1, 0.15) is 4.64 Å². The summed E-state index contributed by atoms with van der Waals surface area (Å²) in [6.45, 7) is 2.06. The lowest BCUT2D eigenvalue weighted by molar-refractivity contribution is 1.03. The van der Waals surface area contributed by atoms with Crippen molar-refractivity contribution in [3.05, 3.63) is 22.7 Å². The lowest BCUT2D eigenvalue weighted by Crippen LogP contribution is -1.85. The molecule has 0 aliphatic rings. The van der Waals surface area contributed by atoms with Gasteiger partial charge in [0.05, 0.1) is 6.33 Å². The number of rotatable bonds is 1. The third kappa shape index (κ3) is 1.36. The number of hydrogen-bond acceptors (Lipinski definition) is 2. The molecule has 0 amide bonds. The van der Waals surface area contributed by atoms with Crippen molar-refractivity contribution in [2.75, 3.05) is 0 Å². The molecular weight excluding hydrogens is 132 g/mol. The molecule has 0 radical (unpaired) electrons. The van der Waals surface area contributed by atoms with Crippen molar-refractivity contribution in [1.29, 1.82) is 0 Å². The lowest BCUT2D eigenvalue weighted by atomic mass is 10.3. The summed E-state index contributed by atoms with van der Waals surface area (Å²) in [4.78, 5) is 6.75. The van der Waals surface area contributed by atoms with Crippen LogP contribution in [-0.2, 0) is 6.42 Å². The molecule has 0 fully saturated rings. The maximum atomic E-state index is 4.96. The van der Waals surface area contributed by atoms with E-state index in [1.165, 1.54) is 0 Å². The number of nitrogens with one attached hydrogen (secondary N) is 1. The van der Waals surface area contributed by atoms with Gasteiger partial charge in [0.2, 0.25) is 0 Å². The molecule has 0 aliphatic carbocycles. The summed E-state index contributed by atoms with van der Waals surface area (Å²) in [6, 6.07) is 0. The molecule has 1 heterocycles. The van der Waals surface area contributed by atoms with Crippen LogP contribution in [0.5, 0.6) is 0 Å². The molecule has 0 bridgehead atoms. The Bertz CT molecular complexity index is 241. The summed E-state index contributed by atoms with van der Waals surface area (Å²) in [7, 11) is 0. The monoisotopic (exact) mass is 140 g/mol. The van der Waals surface area contributed by atoms with Crippen LogP contribution >= 0.6 is 12.2 Å². The average molecular weight is 140 g/mol. The Morgan fingerprint density at radius 3 is 3.00 bits per heavy atom. The van der Waals surface area contributed by atoms with Crippen LogP contribution < -0.4 is 0 Å². The minimum Gasteiger partial charge on any atom is -0.337 e. The van der Waals surface area contributed by atoms with E-state index >= 15 is 0 Å². The topological polar surface area (TPSA) is 28.7 Å². The van der Waals surface area contributed by atoms with Crippen molar-refractivity contribution in [1.82, 2.24) is 9.97 Å². The van der Waals surface area contributed by atoms with Gasteiger partial charge in [-0.25, -0.2) is 4.98 Å². The van der Waals surface area contributed by atoms with Gasteiger partial charge >= 0.3 is 0 Å². The zero-order valence-corrected chi connectivity index (χ0v) is 6.03. The van der Waals surface area contributed by atoms with E-state index in [9.17, 15) is 0 Å². The van der Waals surface area contributed by atoms with Gasteiger partial charge in [-0.1, -0.05) is 19.1 Å². The fraction of sp³-hybridized carbons (Fsp3) is 0.333. The Morgan fingerprint density at radius 1 is 1.78 bits per heavy atom. The molecule has 3 heteroatoms. The Morgan fingerprint density at radius 2 is 2.56 bits per heavy atom. The number of aromatic nitrogens is 2. The quantitative estimate of drug-likeness (QED) is 0.601. The first-order valence-electron chi connectivity index (χ1n) is 2.86. The van der Waals surface area contributed by atoms with Gasteiger partial charge in [-0.05, 0) is 6.42 Å². The lowest BCUT2D eigenvalue weighted by Gasteiger charge is -1.91. The summed E-state index contributed by atoms with van der Waals surface area (Å²) in [5.74, 6) is 0. The van der Waals surface area contributed by atoms with Crippen molar-refractivity contribution in [2.24, 2.45) is 0 Å². The predicted molar refractivity (Wildman–Crippen MR) is 38.8 cm³/mol. The van der Waals surface area contributed by atoms with Crippen molar-refractivity contribution in [2.45, 2.75) is 13.3 Å². The molecule has 0 atom stereocenters. The molecule has 48 valence electrons. The summed E-state index contributed by atoms with van der Waals surface area (Å²) in [5.41, 5.74) is 1.10. The molecule has 2 nitrogen and oxygen atoms in total. The molecule has 1 rings (SSSR count). The van der Waals surface area contributed by atoms with Crippen LogP contribution in [0.25, 0.3) is 0 Å². The molecule has 1 aromatic heterocycles. The van der Waals surface area contributed by atoms with Crippen molar-refractivity contribution < 1.29 is 0 Å². The highest BCUT2D eigenvalue weighted by molar-refractivity contribution is 7.71. The van der Waals surface area contributed by atoms with Crippen LogP contribution in [0.2, 0.25) is 0 Å². The number of aryl methyl sites for hydroxylation is 1. The summed E-state index contributed by atoms with van der Waals surface area (Å²) >= 11 is 4.96. The van der Waals surface area contributed by atoms with Crippen LogP contribution in [0.4, 0.5) is 0 Å². The van der Waals surface area contributed by atoms with Crippen molar-refractivity contribution in [3.63, 3.8) is 0 Å². The second-order valence-corrected chi connectivity index (χ2v) is 2.17. The zero-order chi connectivity index (χ0) is 6.69. The maximum absolute atomic E-state index is 4.96. The van der Waals surface area contributed by atoms with E-state index in [-0.39, 0.29) is 0 Å². The highest BCUT2D eigenvalue weighted by Gasteiger charge is 1.87. The predicted octanol–water partition coefficient (Wildman–Crippen LogP) is 1.70. The van der Waals surface area contributed by atoms with E-state index in [0.29, 0.717) is 0 Å². The smallest absolute Gasteiger partial charge is 0.109 e. The maximum Gasteiger partial charge on any atom is 0.109 e. The normalized spacial score (nSPS) is 9.44. The molecule has 0 aromatic carbocycles. The van der Waals surface area contributed by atoms with Crippen LogP contribution in [0, 0.1) is 4.64 Å². The first kappa shape index (κ1) is 6.42. The summed E-state index contributed by atoms with van der Waals surface area (Å²) < 4.78 is 0.799. The van der Waals surface area contributed by atoms with Crippen LogP contribution in [-0.4, -0.2) is 9.97 Å². The van der Waals surface area contributed by atoms with Gasteiger partial charge < -0.3 is 4.98 Å². The van der Waals surface area contributed by atoms with Gasteiger partial charge in [0.25, 0.3) is 0 Å². The van der Waals surface area contributed by atoms with Gasteiger partial charge in [-0.15, -0.1) is 0 Å².